The molecule has 1 aliphatic rings. The Balaban J connectivity index is 1.79. The van der Waals surface area contributed by atoms with Crippen LogP contribution in [0.3, 0.4) is 0 Å². The third kappa shape index (κ3) is 5.56. The second-order valence-corrected chi connectivity index (χ2v) is 9.66. The van der Waals surface area contributed by atoms with Crippen molar-refractivity contribution in [2.45, 2.75) is 64.3 Å². The summed E-state index contributed by atoms with van der Waals surface area (Å²) in [6.45, 7) is 2.30. The number of nitrogens with one attached hydrogen (secondary N) is 1. The van der Waals surface area contributed by atoms with Crippen LogP contribution in [0.4, 0.5) is 0 Å². The fourth-order valence-corrected chi connectivity index (χ4v) is 5.08. The Morgan fingerprint density at radius 2 is 1.71 bits per heavy atom. The van der Waals surface area contributed by atoms with E-state index in [2.05, 4.69) is 5.32 Å². The predicted molar refractivity (Wildman–Crippen MR) is 134 cm³/mol. The van der Waals surface area contributed by atoms with Crippen LogP contribution in [0, 0.1) is 12.3 Å². The highest BCUT2D eigenvalue weighted by Crippen LogP contribution is 2.42. The molecule has 35 heavy (non-hydrogen) atoms. The number of hydrogen-bond donors (Lipinski definition) is 3. The summed E-state index contributed by atoms with van der Waals surface area (Å²) in [5.74, 6) is -1.26. The molecule has 0 saturated heterocycles. The average molecular weight is 485 g/mol. The van der Waals surface area contributed by atoms with Crippen LogP contribution in [0.25, 0.3) is 11.1 Å². The smallest absolute Gasteiger partial charge is 0.330 e. The lowest BCUT2D eigenvalue weighted by atomic mass is 9.79. The van der Waals surface area contributed by atoms with Gasteiger partial charge in [0.25, 0.3) is 5.56 Å². The van der Waals surface area contributed by atoms with Crippen molar-refractivity contribution < 1.29 is 14.7 Å². The van der Waals surface area contributed by atoms with Crippen LogP contribution in [0.2, 0.25) is 0 Å². The van der Waals surface area contributed by atoms with Crippen molar-refractivity contribution in [3.8, 4) is 11.1 Å². The molecule has 1 aliphatic carbocycles. The van der Waals surface area contributed by atoms with E-state index in [0.29, 0.717) is 23.4 Å². The molecule has 1 heterocycles. The summed E-state index contributed by atoms with van der Waals surface area (Å²) in [5.41, 5.74) is 6.67. The predicted octanol–water partition coefficient (Wildman–Crippen LogP) is 1.86. The number of carbonyl (C=O) groups is 2. The topological polar surface area (TPSA) is 136 Å². The van der Waals surface area contributed by atoms with Gasteiger partial charge in [0.15, 0.2) is 0 Å². The van der Waals surface area contributed by atoms with Crippen LogP contribution in [-0.4, -0.2) is 38.7 Å². The highest BCUT2D eigenvalue weighted by atomic mass is 16.4. The first kappa shape index (κ1) is 26.4. The van der Waals surface area contributed by atoms with Gasteiger partial charge in [0.05, 0.1) is 5.56 Å². The summed E-state index contributed by atoms with van der Waals surface area (Å²) in [6, 6.07) is 5.96. The molecule has 1 saturated carbocycles. The lowest BCUT2D eigenvalue weighted by Crippen LogP contribution is -2.48. The zero-order chi connectivity index (χ0) is 25.8. The number of amides is 1. The third-order valence-corrected chi connectivity index (χ3v) is 7.39. The monoisotopic (exact) mass is 484 g/mol. The number of carboxylic acid groups (broad SMARTS) is 1. The SMILES string of the molecule is Cc1c(-c2ccc(C[C@H](NC(=O)C3(CCCCN)CCCC3)C(=O)O)cc2)c(=O)n(C)c(=O)n1C. The quantitative estimate of drug-likeness (QED) is 0.440. The molecule has 0 spiro atoms. The third-order valence-electron chi connectivity index (χ3n) is 7.39. The zero-order valence-electron chi connectivity index (χ0n) is 20.8. The highest BCUT2D eigenvalue weighted by molar-refractivity contribution is 5.87. The first-order chi connectivity index (χ1) is 16.6. The van der Waals surface area contributed by atoms with Crippen LogP contribution < -0.4 is 22.3 Å². The highest BCUT2D eigenvalue weighted by Gasteiger charge is 2.41. The van der Waals surface area contributed by atoms with Gasteiger partial charge >= 0.3 is 11.7 Å². The van der Waals surface area contributed by atoms with Gasteiger partial charge in [-0.3, -0.25) is 14.2 Å². The van der Waals surface area contributed by atoms with Gasteiger partial charge in [0, 0.05) is 31.6 Å². The maximum atomic E-state index is 13.2. The van der Waals surface area contributed by atoms with E-state index in [1.807, 2.05) is 0 Å². The van der Waals surface area contributed by atoms with Crippen molar-refractivity contribution in [1.82, 2.24) is 14.5 Å². The Bertz CT molecular complexity index is 1190. The van der Waals surface area contributed by atoms with E-state index in [1.54, 1.807) is 38.2 Å². The second kappa shape index (κ2) is 11.0. The molecule has 1 aromatic heterocycles. The number of rotatable bonds is 10. The molecule has 0 bridgehead atoms. The van der Waals surface area contributed by atoms with Gasteiger partial charge in [-0.05, 0) is 50.3 Å². The second-order valence-electron chi connectivity index (χ2n) is 9.66. The number of carbonyl (C=O) groups excluding carboxylic acids is 1. The molecule has 3 rings (SSSR count). The first-order valence-electron chi connectivity index (χ1n) is 12.2. The minimum Gasteiger partial charge on any atom is -0.480 e. The summed E-state index contributed by atoms with van der Waals surface area (Å²) in [5, 5.41) is 12.6. The first-order valence-corrected chi connectivity index (χ1v) is 12.2. The molecule has 9 heteroatoms. The largest absolute Gasteiger partial charge is 0.480 e. The Labute approximate surface area is 205 Å². The van der Waals surface area contributed by atoms with E-state index in [0.717, 1.165) is 55.1 Å². The number of nitrogens with two attached hydrogens (primary N) is 1. The Hall–Kier alpha value is -3.20. The van der Waals surface area contributed by atoms with Crippen LogP contribution >= 0.6 is 0 Å². The van der Waals surface area contributed by atoms with Crippen molar-refractivity contribution in [2.24, 2.45) is 25.2 Å². The number of nitrogens with zero attached hydrogens (tertiary/aromatic N) is 2. The van der Waals surface area contributed by atoms with Crippen molar-refractivity contribution in [3.05, 3.63) is 56.4 Å². The van der Waals surface area contributed by atoms with Gasteiger partial charge in [-0.15, -0.1) is 0 Å². The van der Waals surface area contributed by atoms with E-state index in [4.69, 9.17) is 5.73 Å². The molecule has 0 radical (unpaired) electrons. The van der Waals surface area contributed by atoms with Gasteiger partial charge in [-0.2, -0.15) is 0 Å². The van der Waals surface area contributed by atoms with Crippen molar-refractivity contribution in [3.63, 3.8) is 0 Å². The minimum absolute atomic E-state index is 0.129. The van der Waals surface area contributed by atoms with Crippen LogP contribution in [-0.2, 0) is 30.1 Å². The van der Waals surface area contributed by atoms with E-state index in [-0.39, 0.29) is 17.9 Å². The molecular formula is C26H36N4O5. The molecule has 1 atom stereocenters. The van der Waals surface area contributed by atoms with Crippen LogP contribution in [0.1, 0.15) is 56.2 Å². The summed E-state index contributed by atoms with van der Waals surface area (Å²) in [6.07, 6.45) is 6.06. The molecule has 190 valence electrons. The number of unbranched alkanes of at least 4 members (excludes halogenated alkanes) is 1. The molecule has 1 aromatic carbocycles. The van der Waals surface area contributed by atoms with Crippen molar-refractivity contribution in [2.75, 3.05) is 6.54 Å². The summed E-state index contributed by atoms with van der Waals surface area (Å²) < 4.78 is 2.49. The number of benzene rings is 1. The molecule has 9 nitrogen and oxygen atoms in total. The number of hydrogen-bond acceptors (Lipinski definition) is 5. The fourth-order valence-electron chi connectivity index (χ4n) is 5.08. The van der Waals surface area contributed by atoms with Crippen LogP contribution in [0.15, 0.2) is 33.9 Å². The summed E-state index contributed by atoms with van der Waals surface area (Å²) >= 11 is 0. The lowest BCUT2D eigenvalue weighted by molar-refractivity contribution is -0.144. The fraction of sp³-hybridized carbons (Fsp3) is 0.538. The normalized spacial score (nSPS) is 15.7. The zero-order valence-corrected chi connectivity index (χ0v) is 20.8. The molecule has 1 fully saturated rings. The van der Waals surface area contributed by atoms with E-state index in [9.17, 15) is 24.3 Å². The molecule has 0 aliphatic heterocycles. The van der Waals surface area contributed by atoms with Gasteiger partial charge in [-0.25, -0.2) is 9.59 Å². The Kier molecular flexibility index (Phi) is 8.32. The standard InChI is InChI=1S/C26H36N4O5/c1-17-21(22(31)30(3)25(35)29(17)2)19-10-8-18(9-11-19)16-20(23(32)33)28-24(34)26(12-4-5-13-26)14-6-7-15-27/h8-11,20H,4-7,12-16,27H2,1-3H3,(H,28,34)(H,32,33)/t20-/m0/s1. The maximum absolute atomic E-state index is 13.2. The van der Waals surface area contributed by atoms with Gasteiger partial charge in [0.2, 0.25) is 5.91 Å². The van der Waals surface area contributed by atoms with Crippen molar-refractivity contribution in [1.29, 1.82) is 0 Å². The van der Waals surface area contributed by atoms with Crippen molar-refractivity contribution >= 4 is 11.9 Å². The average Bonchev–Trinajstić information content (AvgIpc) is 3.32. The maximum Gasteiger partial charge on any atom is 0.330 e. The van der Waals surface area contributed by atoms with Gasteiger partial charge in [0.1, 0.15) is 6.04 Å². The molecule has 0 unspecified atom stereocenters. The lowest BCUT2D eigenvalue weighted by Gasteiger charge is -2.29. The molecule has 2 aromatic rings. The molecule has 1 amide bonds. The van der Waals surface area contributed by atoms with Gasteiger partial charge < -0.3 is 20.7 Å². The van der Waals surface area contributed by atoms with Crippen LogP contribution in [0.5, 0.6) is 0 Å². The summed E-state index contributed by atoms with van der Waals surface area (Å²) in [4.78, 5) is 50.0. The van der Waals surface area contributed by atoms with E-state index >= 15 is 0 Å². The molecular weight excluding hydrogens is 448 g/mol. The molecule has 4 N–H and O–H groups in total. The van der Waals surface area contributed by atoms with E-state index < -0.39 is 23.1 Å². The number of aliphatic carboxylic acids is 1. The summed E-state index contributed by atoms with van der Waals surface area (Å²) in [7, 11) is 3.05. The van der Waals surface area contributed by atoms with E-state index in [1.165, 1.54) is 11.6 Å². The Morgan fingerprint density at radius 3 is 2.29 bits per heavy atom. The minimum atomic E-state index is -1.08. The Morgan fingerprint density at radius 1 is 1.09 bits per heavy atom. The number of aromatic nitrogens is 2. The number of carboxylic acids is 1. The van der Waals surface area contributed by atoms with Gasteiger partial charge in [-0.1, -0.05) is 43.5 Å².